The predicted molar refractivity (Wildman–Crippen MR) is 80.8 cm³/mol. The summed E-state index contributed by atoms with van der Waals surface area (Å²) in [4.78, 5) is 16.5. The maximum Gasteiger partial charge on any atom is 0.269 e. The van der Waals surface area contributed by atoms with Gasteiger partial charge in [0, 0.05) is 25.5 Å². The van der Waals surface area contributed by atoms with Gasteiger partial charge in [-0.05, 0) is 37.8 Å². The van der Waals surface area contributed by atoms with Crippen LogP contribution >= 0.6 is 11.6 Å². The van der Waals surface area contributed by atoms with Gasteiger partial charge in [-0.15, -0.1) is 0 Å². The summed E-state index contributed by atoms with van der Waals surface area (Å²) in [6, 6.07) is 3.80. The monoisotopic (exact) mass is 307 g/mol. The van der Waals surface area contributed by atoms with E-state index in [-0.39, 0.29) is 5.91 Å². The zero-order valence-corrected chi connectivity index (χ0v) is 12.7. The van der Waals surface area contributed by atoms with E-state index >= 15 is 0 Å². The number of hydrogen-bond donors (Lipinski definition) is 1. The molecule has 0 spiro atoms. The molecule has 0 atom stereocenters. The van der Waals surface area contributed by atoms with Crippen LogP contribution in [0.25, 0.3) is 5.52 Å². The molecule has 0 unspecified atom stereocenters. The summed E-state index contributed by atoms with van der Waals surface area (Å²) in [5.74, 6) is 0.374. The fraction of sp³-hybridized carbons (Fsp3) is 0.467. The minimum atomic E-state index is -0.116. The van der Waals surface area contributed by atoms with Gasteiger partial charge in [-0.25, -0.2) is 4.98 Å². The maximum absolute atomic E-state index is 12.4. The predicted octanol–water partition coefficient (Wildman–Crippen LogP) is 2.45. The second-order valence-electron chi connectivity index (χ2n) is 5.40. The summed E-state index contributed by atoms with van der Waals surface area (Å²) in [5.41, 5.74) is 2.24. The standard InChI is InChI=1S/C15H18ClN3O2/c1-10-2-3-12-14(16)17-9-13(19(10)12)15(20)18-8-11-4-6-21-7-5-11/h2-3,9,11H,4-8H2,1H3,(H,18,20). The van der Waals surface area contributed by atoms with E-state index in [1.807, 2.05) is 23.5 Å². The molecule has 0 saturated carbocycles. The molecular formula is C15H18ClN3O2. The number of aryl methyl sites for hydroxylation is 1. The number of carbonyl (C=O) groups is 1. The molecule has 2 aromatic rings. The zero-order valence-electron chi connectivity index (χ0n) is 11.9. The third-order valence-electron chi connectivity index (χ3n) is 3.95. The summed E-state index contributed by atoms with van der Waals surface area (Å²) in [5, 5.41) is 3.41. The fourth-order valence-electron chi connectivity index (χ4n) is 2.70. The highest BCUT2D eigenvalue weighted by molar-refractivity contribution is 6.32. The first-order valence-electron chi connectivity index (χ1n) is 7.15. The van der Waals surface area contributed by atoms with Crippen LogP contribution in [0.1, 0.15) is 29.0 Å². The highest BCUT2D eigenvalue weighted by atomic mass is 35.5. The van der Waals surface area contributed by atoms with Gasteiger partial charge in [0.05, 0.1) is 11.7 Å². The average molecular weight is 308 g/mol. The lowest BCUT2D eigenvalue weighted by molar-refractivity contribution is 0.0642. The molecule has 1 fully saturated rings. The van der Waals surface area contributed by atoms with E-state index in [0.717, 1.165) is 37.3 Å². The van der Waals surface area contributed by atoms with Crippen molar-refractivity contribution in [2.75, 3.05) is 19.8 Å². The minimum absolute atomic E-state index is 0.116. The third kappa shape index (κ3) is 2.89. The van der Waals surface area contributed by atoms with Crippen molar-refractivity contribution in [3.8, 4) is 0 Å². The molecule has 1 N–H and O–H groups in total. The van der Waals surface area contributed by atoms with Crippen molar-refractivity contribution < 1.29 is 9.53 Å². The molecule has 21 heavy (non-hydrogen) atoms. The SMILES string of the molecule is Cc1ccc2c(Cl)ncc(C(=O)NCC3CCOCC3)n12. The maximum atomic E-state index is 12.4. The first-order chi connectivity index (χ1) is 10.2. The van der Waals surface area contributed by atoms with Gasteiger partial charge in [0.2, 0.25) is 0 Å². The molecule has 1 aliphatic heterocycles. The largest absolute Gasteiger partial charge is 0.381 e. The molecule has 3 heterocycles. The molecule has 5 nitrogen and oxygen atoms in total. The Balaban J connectivity index is 1.78. The van der Waals surface area contributed by atoms with Crippen molar-refractivity contribution in [1.82, 2.24) is 14.7 Å². The van der Waals surface area contributed by atoms with Crippen molar-refractivity contribution in [2.24, 2.45) is 5.92 Å². The lowest BCUT2D eigenvalue weighted by Gasteiger charge is -2.22. The molecule has 112 valence electrons. The normalized spacial score (nSPS) is 16.3. The van der Waals surface area contributed by atoms with Crippen LogP contribution in [0.4, 0.5) is 0 Å². The van der Waals surface area contributed by atoms with Crippen molar-refractivity contribution in [2.45, 2.75) is 19.8 Å². The van der Waals surface area contributed by atoms with Gasteiger partial charge in [0.1, 0.15) is 5.69 Å². The van der Waals surface area contributed by atoms with Crippen LogP contribution in [-0.2, 0) is 4.74 Å². The molecule has 3 rings (SSSR count). The number of amides is 1. The number of halogens is 1. The molecular weight excluding hydrogens is 290 g/mol. The number of rotatable bonds is 3. The van der Waals surface area contributed by atoms with Crippen LogP contribution in [0.2, 0.25) is 5.15 Å². The van der Waals surface area contributed by atoms with E-state index < -0.39 is 0 Å². The van der Waals surface area contributed by atoms with Gasteiger partial charge in [-0.3, -0.25) is 4.79 Å². The number of fused-ring (bicyclic) bond motifs is 1. The van der Waals surface area contributed by atoms with Gasteiger partial charge in [0.15, 0.2) is 5.15 Å². The molecule has 2 aromatic heterocycles. The third-order valence-corrected chi connectivity index (χ3v) is 4.24. The Kier molecular flexibility index (Phi) is 4.12. The Bertz CT molecular complexity index is 662. The quantitative estimate of drug-likeness (QED) is 0.947. The van der Waals surface area contributed by atoms with Gasteiger partial charge < -0.3 is 14.5 Å². The lowest BCUT2D eigenvalue weighted by Crippen LogP contribution is -2.33. The molecule has 1 aliphatic rings. The highest BCUT2D eigenvalue weighted by Gasteiger charge is 2.18. The number of hydrogen-bond acceptors (Lipinski definition) is 3. The number of aromatic nitrogens is 2. The summed E-state index contributed by atoms with van der Waals surface area (Å²) < 4.78 is 7.17. The lowest BCUT2D eigenvalue weighted by atomic mass is 10.0. The number of ether oxygens (including phenoxy) is 1. The van der Waals surface area contributed by atoms with E-state index in [2.05, 4.69) is 10.3 Å². The van der Waals surface area contributed by atoms with E-state index in [9.17, 15) is 4.79 Å². The fourth-order valence-corrected chi connectivity index (χ4v) is 2.90. The molecule has 0 aromatic carbocycles. The van der Waals surface area contributed by atoms with E-state index in [1.54, 1.807) is 0 Å². The number of nitrogens with one attached hydrogen (secondary N) is 1. The molecule has 0 aliphatic carbocycles. The van der Waals surface area contributed by atoms with Gasteiger partial charge >= 0.3 is 0 Å². The van der Waals surface area contributed by atoms with E-state index in [4.69, 9.17) is 16.3 Å². The van der Waals surface area contributed by atoms with Crippen LogP contribution < -0.4 is 5.32 Å². The van der Waals surface area contributed by atoms with Crippen molar-refractivity contribution in [3.05, 3.63) is 34.9 Å². The smallest absolute Gasteiger partial charge is 0.269 e. The Morgan fingerprint density at radius 2 is 2.24 bits per heavy atom. The molecule has 1 amide bonds. The summed E-state index contributed by atoms with van der Waals surface area (Å²) >= 11 is 6.07. The second kappa shape index (κ2) is 6.03. The highest BCUT2D eigenvalue weighted by Crippen LogP contribution is 2.20. The topological polar surface area (TPSA) is 55.6 Å². The van der Waals surface area contributed by atoms with Gasteiger partial charge in [-0.2, -0.15) is 0 Å². The van der Waals surface area contributed by atoms with Crippen molar-refractivity contribution >= 4 is 23.0 Å². The minimum Gasteiger partial charge on any atom is -0.381 e. The first-order valence-corrected chi connectivity index (χ1v) is 7.53. The van der Waals surface area contributed by atoms with Crippen LogP contribution in [0.15, 0.2) is 18.3 Å². The second-order valence-corrected chi connectivity index (χ2v) is 5.75. The van der Waals surface area contributed by atoms with E-state index in [1.165, 1.54) is 6.20 Å². The number of nitrogens with zero attached hydrogens (tertiary/aromatic N) is 2. The number of carbonyl (C=O) groups excluding carboxylic acids is 1. The average Bonchev–Trinajstić information content (AvgIpc) is 2.90. The van der Waals surface area contributed by atoms with Gasteiger partial charge in [-0.1, -0.05) is 11.6 Å². The molecule has 0 bridgehead atoms. The molecule has 0 radical (unpaired) electrons. The van der Waals surface area contributed by atoms with Crippen LogP contribution in [0.3, 0.4) is 0 Å². The first kappa shape index (κ1) is 14.4. The molecule has 6 heteroatoms. The summed E-state index contributed by atoms with van der Waals surface area (Å²) in [6.07, 6.45) is 3.52. The molecule has 1 saturated heterocycles. The summed E-state index contributed by atoms with van der Waals surface area (Å²) in [6.45, 7) is 4.18. The zero-order chi connectivity index (χ0) is 14.8. The summed E-state index contributed by atoms with van der Waals surface area (Å²) in [7, 11) is 0. The van der Waals surface area contributed by atoms with Crippen LogP contribution in [0.5, 0.6) is 0 Å². The Morgan fingerprint density at radius 3 is 3.00 bits per heavy atom. The Labute approximate surface area is 128 Å². The van der Waals surface area contributed by atoms with E-state index in [0.29, 0.717) is 23.3 Å². The van der Waals surface area contributed by atoms with Crippen molar-refractivity contribution in [3.63, 3.8) is 0 Å². The Morgan fingerprint density at radius 1 is 1.48 bits per heavy atom. The van der Waals surface area contributed by atoms with Gasteiger partial charge in [0.25, 0.3) is 5.91 Å². The van der Waals surface area contributed by atoms with Crippen molar-refractivity contribution in [1.29, 1.82) is 0 Å². The van der Waals surface area contributed by atoms with Crippen LogP contribution in [0, 0.1) is 12.8 Å². The Hall–Kier alpha value is -1.59. The van der Waals surface area contributed by atoms with Crippen LogP contribution in [-0.4, -0.2) is 35.1 Å².